The Labute approximate surface area is 165 Å². The normalized spacial score (nSPS) is 10.3. The van der Waals surface area contributed by atoms with E-state index < -0.39 is 26.9 Å². The first kappa shape index (κ1) is 22.3. The van der Waals surface area contributed by atoms with Gasteiger partial charge in [-0.1, -0.05) is 12.1 Å². The second-order valence-electron chi connectivity index (χ2n) is 4.74. The predicted octanol–water partition coefficient (Wildman–Crippen LogP) is 0.483. The first-order valence-electron chi connectivity index (χ1n) is 7.04. The summed E-state index contributed by atoms with van der Waals surface area (Å²) >= 11 is 0. The monoisotopic (exact) mass is 436 g/mol. The molecule has 0 aliphatic heterocycles. The summed E-state index contributed by atoms with van der Waals surface area (Å²) < 4.78 is 36.0. The molecule has 0 spiro atoms. The van der Waals surface area contributed by atoms with Crippen LogP contribution in [0.4, 0.5) is 10.7 Å². The molecule has 2 aromatic rings. The summed E-state index contributed by atoms with van der Waals surface area (Å²) in [5.41, 5.74) is -0.215. The van der Waals surface area contributed by atoms with Crippen LogP contribution < -0.4 is 14.8 Å². The van der Waals surface area contributed by atoms with E-state index in [1.165, 1.54) is 32.2 Å². The minimum absolute atomic E-state index is 0. The zero-order chi connectivity index (χ0) is 19.3. The van der Waals surface area contributed by atoms with E-state index in [0.717, 1.165) is 13.2 Å². The minimum atomic E-state index is -4.36. The third-order valence-corrected chi connectivity index (χ3v) is 4.33. The number of sulfonamides is 1. The molecule has 0 bridgehead atoms. The van der Waals surface area contributed by atoms with Crippen LogP contribution in [0.2, 0.25) is 0 Å². The van der Waals surface area contributed by atoms with Gasteiger partial charge in [-0.25, -0.2) is 22.7 Å². The Bertz CT molecular complexity index is 953. The molecule has 0 unspecified atom stereocenters. The van der Waals surface area contributed by atoms with Gasteiger partial charge in [0.25, 0.3) is 10.0 Å². The summed E-state index contributed by atoms with van der Waals surface area (Å²) in [6, 6.07) is 4.12. The molecule has 2 amide bonds. The number of nitrogens with zero attached hydrogens (tertiary/aromatic N) is 3. The smallest absolute Gasteiger partial charge is 0.339 e. The first-order chi connectivity index (χ1) is 12.3. The van der Waals surface area contributed by atoms with Crippen LogP contribution in [0.3, 0.4) is 0 Å². The van der Waals surface area contributed by atoms with Crippen molar-refractivity contribution in [2.45, 2.75) is 11.8 Å². The fraction of sp³-hybridized carbons (Fsp3) is 0.214. The Morgan fingerprint density at radius 3 is 2.37 bits per heavy atom. The number of ether oxygens (including phenoxy) is 2. The number of carbonyl (C=O) groups is 2. The molecule has 145 valence electrons. The summed E-state index contributed by atoms with van der Waals surface area (Å²) in [4.78, 5) is 34.7. The molecule has 0 atom stereocenters. The molecule has 1 radical (unpaired) electrons. The quantitative estimate of drug-likeness (QED) is 0.504. The molecular weight excluding hydrogens is 421 g/mol. The van der Waals surface area contributed by atoms with E-state index in [1.54, 1.807) is 4.72 Å². The Kier molecular flexibility index (Phi) is 7.64. The molecule has 0 aliphatic rings. The summed E-state index contributed by atoms with van der Waals surface area (Å²) in [7, 11) is -1.92. The largest absolute Gasteiger partial charge is 0.467 e. The molecule has 1 heterocycles. The van der Waals surface area contributed by atoms with Crippen LogP contribution in [0.15, 0.2) is 29.2 Å². The van der Waals surface area contributed by atoms with Crippen molar-refractivity contribution in [1.82, 2.24) is 19.7 Å². The van der Waals surface area contributed by atoms with Crippen molar-refractivity contribution in [3.05, 3.63) is 35.7 Å². The Morgan fingerprint density at radius 2 is 1.74 bits per heavy atom. The number of rotatable bonds is 5. The van der Waals surface area contributed by atoms with Gasteiger partial charge in [0, 0.05) is 17.1 Å². The van der Waals surface area contributed by atoms with E-state index in [-0.39, 0.29) is 40.4 Å². The molecule has 27 heavy (non-hydrogen) atoms. The Hall–Kier alpha value is -2.76. The van der Waals surface area contributed by atoms with Crippen LogP contribution in [0, 0.1) is 6.92 Å². The fourth-order valence-electron chi connectivity index (χ4n) is 1.89. The van der Waals surface area contributed by atoms with Gasteiger partial charge in [0.1, 0.15) is 10.7 Å². The third-order valence-electron chi connectivity index (χ3n) is 2.94. The van der Waals surface area contributed by atoms with Gasteiger partial charge >= 0.3 is 18.0 Å². The van der Waals surface area contributed by atoms with Gasteiger partial charge in [-0.2, -0.15) is 15.0 Å². The van der Waals surface area contributed by atoms with Crippen LogP contribution in [-0.4, -0.2) is 49.6 Å². The van der Waals surface area contributed by atoms with Gasteiger partial charge in [-0.05, 0) is 19.1 Å². The van der Waals surface area contributed by atoms with Crippen LogP contribution in [-0.2, 0) is 31.8 Å². The third kappa shape index (κ3) is 5.61. The summed E-state index contributed by atoms with van der Waals surface area (Å²) in [6.07, 6.45) is 0. The van der Waals surface area contributed by atoms with Crippen molar-refractivity contribution >= 4 is 28.0 Å². The van der Waals surface area contributed by atoms with E-state index in [2.05, 4.69) is 25.0 Å². The zero-order valence-corrected chi connectivity index (χ0v) is 16.4. The summed E-state index contributed by atoms with van der Waals surface area (Å²) in [6.45, 7) is 1.54. The minimum Gasteiger partial charge on any atom is -0.467 e. The van der Waals surface area contributed by atoms with Crippen molar-refractivity contribution < 1.29 is 44.5 Å². The number of hydrogen-bond acceptors (Lipinski definition) is 9. The van der Waals surface area contributed by atoms with E-state index in [0.29, 0.717) is 0 Å². The Morgan fingerprint density at radius 1 is 1.07 bits per heavy atom. The molecule has 2 rings (SSSR count). The molecule has 0 saturated carbocycles. The van der Waals surface area contributed by atoms with Crippen LogP contribution in [0.5, 0.6) is 6.01 Å². The van der Waals surface area contributed by atoms with Gasteiger partial charge in [-0.3, -0.25) is 5.32 Å². The average Bonchev–Trinajstić information content (AvgIpc) is 2.59. The topological polar surface area (TPSA) is 149 Å². The van der Waals surface area contributed by atoms with Gasteiger partial charge in [0.2, 0.25) is 5.95 Å². The maximum absolute atomic E-state index is 12.4. The number of aromatic nitrogens is 3. The number of methoxy groups -OCH3 is 2. The van der Waals surface area contributed by atoms with Crippen molar-refractivity contribution in [1.29, 1.82) is 0 Å². The zero-order valence-electron chi connectivity index (χ0n) is 14.4. The van der Waals surface area contributed by atoms with Crippen molar-refractivity contribution in [2.75, 3.05) is 19.5 Å². The second-order valence-corrected chi connectivity index (χ2v) is 6.39. The predicted molar refractivity (Wildman–Crippen MR) is 88.2 cm³/mol. The van der Waals surface area contributed by atoms with Crippen molar-refractivity contribution in [3.63, 3.8) is 0 Å². The number of aryl methyl sites for hydroxylation is 1. The number of hydrogen-bond donors (Lipinski definition) is 2. The van der Waals surface area contributed by atoms with E-state index in [1.807, 2.05) is 0 Å². The first-order valence-corrected chi connectivity index (χ1v) is 8.53. The standard InChI is InChI=1S/C14H15N5O6S.Mn/c1-8-15-12(18-14(16-8)25-3)17-13(21)19-26(22,23)10-7-5-4-6-9(10)11(20)24-2;/h4-7H,1-3H3,(H2,15,16,17,18,19,21);. The van der Waals surface area contributed by atoms with Crippen molar-refractivity contribution in [2.24, 2.45) is 0 Å². The molecule has 13 heteroatoms. The number of benzene rings is 1. The van der Waals surface area contributed by atoms with Gasteiger partial charge in [0.15, 0.2) is 0 Å². The summed E-state index contributed by atoms with van der Waals surface area (Å²) in [5.74, 6) is -0.807. The van der Waals surface area contributed by atoms with Gasteiger partial charge < -0.3 is 9.47 Å². The molecule has 0 saturated heterocycles. The van der Waals surface area contributed by atoms with Crippen molar-refractivity contribution in [3.8, 4) is 6.01 Å². The number of esters is 1. The number of nitrogens with one attached hydrogen (secondary N) is 2. The number of anilines is 1. The molecule has 0 fully saturated rings. The van der Waals surface area contributed by atoms with E-state index >= 15 is 0 Å². The maximum atomic E-state index is 12.4. The fourth-order valence-corrected chi connectivity index (χ4v) is 2.99. The molecule has 1 aromatic carbocycles. The number of amides is 2. The van der Waals surface area contributed by atoms with Gasteiger partial charge in [0.05, 0.1) is 19.8 Å². The van der Waals surface area contributed by atoms with Gasteiger partial charge in [-0.15, -0.1) is 0 Å². The molecule has 11 nitrogen and oxygen atoms in total. The van der Waals surface area contributed by atoms with Crippen LogP contribution in [0.1, 0.15) is 16.2 Å². The molecule has 2 N–H and O–H groups in total. The molecule has 0 aliphatic carbocycles. The van der Waals surface area contributed by atoms with E-state index in [4.69, 9.17) is 4.74 Å². The maximum Gasteiger partial charge on any atom is 0.339 e. The molecule has 1 aromatic heterocycles. The Balaban J connectivity index is 0.00000364. The SMILES string of the molecule is COC(=O)c1ccccc1S(=O)(=O)NC(=O)Nc1nc(C)nc(OC)n1.[Mn]. The summed E-state index contributed by atoms with van der Waals surface area (Å²) in [5, 5.41) is 2.16. The van der Waals surface area contributed by atoms with Crippen LogP contribution >= 0.6 is 0 Å². The number of carbonyl (C=O) groups excluding carboxylic acids is 2. The van der Waals surface area contributed by atoms with E-state index in [9.17, 15) is 18.0 Å². The molecular formula is C14H15MnN5O6S. The second kappa shape index (κ2) is 9.26. The number of urea groups is 1. The average molecular weight is 436 g/mol. The van der Waals surface area contributed by atoms with Crippen LogP contribution in [0.25, 0.3) is 0 Å².